The second-order valence-corrected chi connectivity index (χ2v) is 15.4. The molecule has 10 aromatic carbocycles. The van der Waals surface area contributed by atoms with Crippen molar-refractivity contribution in [1.82, 2.24) is 15.0 Å². The molecule has 56 heavy (non-hydrogen) atoms. The summed E-state index contributed by atoms with van der Waals surface area (Å²) >= 11 is 1.78. The van der Waals surface area contributed by atoms with Crippen LogP contribution < -0.4 is 4.90 Å². The summed E-state index contributed by atoms with van der Waals surface area (Å²) in [7, 11) is 0. The third-order valence-electron chi connectivity index (χ3n) is 11.3. The molecule has 260 valence electrons. The lowest BCUT2D eigenvalue weighted by molar-refractivity contribution is 1.00. The topological polar surface area (TPSA) is 41.9 Å². The molecule has 0 bridgehead atoms. The predicted octanol–water partition coefficient (Wildman–Crippen LogP) is 14.1. The molecule has 11 aromatic rings. The first-order valence-electron chi connectivity index (χ1n) is 18.9. The third kappa shape index (κ3) is 4.71. The van der Waals surface area contributed by atoms with Crippen molar-refractivity contribution in [2.24, 2.45) is 0 Å². The molecule has 1 aliphatic heterocycles. The SMILES string of the molecule is c1ccc2c(c1)Sc1ccccc1N2c1nc(-c2ccc3c4ccccc4c4ccccc4c3c2)nc(-c2ccc3c4ccccc4c4ccccc4c3c2)n1. The summed E-state index contributed by atoms with van der Waals surface area (Å²) in [5.41, 5.74) is 3.97. The Kier molecular flexibility index (Phi) is 6.83. The van der Waals surface area contributed by atoms with Crippen molar-refractivity contribution in [2.75, 3.05) is 4.90 Å². The second-order valence-electron chi connectivity index (χ2n) is 14.4. The lowest BCUT2D eigenvalue weighted by Gasteiger charge is -2.31. The van der Waals surface area contributed by atoms with Gasteiger partial charge in [-0.15, -0.1) is 0 Å². The van der Waals surface area contributed by atoms with Crippen LogP contribution in [0.15, 0.2) is 192 Å². The van der Waals surface area contributed by atoms with Gasteiger partial charge in [-0.3, -0.25) is 4.90 Å². The summed E-state index contributed by atoms with van der Waals surface area (Å²) in [5.74, 6) is 1.83. The van der Waals surface area contributed by atoms with Gasteiger partial charge in [-0.1, -0.05) is 157 Å². The van der Waals surface area contributed by atoms with Crippen molar-refractivity contribution < 1.29 is 0 Å². The van der Waals surface area contributed by atoms with Gasteiger partial charge in [0, 0.05) is 20.9 Å². The van der Waals surface area contributed by atoms with Gasteiger partial charge < -0.3 is 0 Å². The fourth-order valence-corrected chi connectivity index (χ4v) is 9.79. The number of fused-ring (bicyclic) bond motifs is 14. The highest BCUT2D eigenvalue weighted by Crippen LogP contribution is 2.51. The molecule has 1 aromatic heterocycles. The van der Waals surface area contributed by atoms with Crippen LogP contribution in [-0.2, 0) is 0 Å². The number of hydrogen-bond acceptors (Lipinski definition) is 5. The van der Waals surface area contributed by atoms with Crippen LogP contribution in [0.2, 0.25) is 0 Å². The molecule has 4 nitrogen and oxygen atoms in total. The molecule has 0 amide bonds. The largest absolute Gasteiger partial charge is 0.277 e. The first kappa shape index (κ1) is 31.3. The summed E-state index contributed by atoms with van der Waals surface area (Å²) < 4.78 is 0. The maximum absolute atomic E-state index is 5.35. The minimum Gasteiger partial charge on any atom is -0.277 e. The van der Waals surface area contributed by atoms with Crippen LogP contribution in [0.3, 0.4) is 0 Å². The van der Waals surface area contributed by atoms with E-state index in [2.05, 4.69) is 187 Å². The quantitative estimate of drug-likeness (QED) is 0.169. The Balaban J connectivity index is 1.14. The normalized spacial score (nSPS) is 12.5. The Bertz CT molecular complexity index is 3140. The van der Waals surface area contributed by atoms with Gasteiger partial charge in [0.1, 0.15) is 0 Å². The fourth-order valence-electron chi connectivity index (χ4n) is 8.74. The summed E-state index contributed by atoms with van der Waals surface area (Å²) in [5, 5.41) is 14.6. The number of para-hydroxylation sites is 2. The highest BCUT2D eigenvalue weighted by atomic mass is 32.2. The first-order valence-corrected chi connectivity index (χ1v) is 19.7. The molecule has 5 heteroatoms. The van der Waals surface area contributed by atoms with Crippen molar-refractivity contribution in [1.29, 1.82) is 0 Å². The maximum Gasteiger partial charge on any atom is 0.238 e. The van der Waals surface area contributed by atoms with Gasteiger partial charge in [0.2, 0.25) is 5.95 Å². The monoisotopic (exact) mass is 730 g/mol. The molecule has 0 N–H and O–H groups in total. The Hall–Kier alpha value is -7.08. The van der Waals surface area contributed by atoms with Gasteiger partial charge in [0.05, 0.1) is 11.4 Å². The maximum atomic E-state index is 5.35. The van der Waals surface area contributed by atoms with Crippen molar-refractivity contribution in [2.45, 2.75) is 9.79 Å². The van der Waals surface area contributed by atoms with Gasteiger partial charge in [0.15, 0.2) is 11.6 Å². The van der Waals surface area contributed by atoms with E-state index in [0.717, 1.165) is 32.3 Å². The van der Waals surface area contributed by atoms with E-state index in [1.54, 1.807) is 11.8 Å². The van der Waals surface area contributed by atoms with Crippen molar-refractivity contribution in [3.05, 3.63) is 182 Å². The van der Waals surface area contributed by atoms with E-state index in [1.165, 1.54) is 64.6 Å². The van der Waals surface area contributed by atoms with E-state index >= 15 is 0 Å². The molecule has 0 spiro atoms. The van der Waals surface area contributed by atoms with Crippen LogP contribution in [0.4, 0.5) is 17.3 Å². The van der Waals surface area contributed by atoms with Gasteiger partial charge in [-0.25, -0.2) is 4.98 Å². The molecule has 12 rings (SSSR count). The van der Waals surface area contributed by atoms with Crippen LogP contribution in [-0.4, -0.2) is 15.0 Å². The fraction of sp³-hybridized carbons (Fsp3) is 0. The molecule has 0 aliphatic carbocycles. The van der Waals surface area contributed by atoms with Gasteiger partial charge in [-0.05, 0) is 101 Å². The lowest BCUT2D eigenvalue weighted by atomic mass is 9.93. The van der Waals surface area contributed by atoms with Crippen molar-refractivity contribution in [3.8, 4) is 22.8 Å². The van der Waals surface area contributed by atoms with Crippen LogP contribution in [0, 0.1) is 0 Å². The number of anilines is 3. The summed E-state index contributed by atoms with van der Waals surface area (Å²) in [6.45, 7) is 0. The smallest absolute Gasteiger partial charge is 0.238 e. The van der Waals surface area contributed by atoms with E-state index in [9.17, 15) is 0 Å². The van der Waals surface area contributed by atoms with Crippen molar-refractivity contribution >= 4 is 93.7 Å². The zero-order valence-electron chi connectivity index (χ0n) is 30.0. The molecule has 0 fully saturated rings. The average molecular weight is 731 g/mol. The van der Waals surface area contributed by atoms with E-state index in [-0.39, 0.29) is 0 Å². The first-order chi connectivity index (χ1) is 27.8. The van der Waals surface area contributed by atoms with Crippen LogP contribution >= 0.6 is 11.8 Å². The number of benzene rings is 10. The van der Waals surface area contributed by atoms with Crippen LogP contribution in [0.1, 0.15) is 0 Å². The molecule has 2 heterocycles. The standard InChI is InChI=1S/C51H30N4S/c1-3-17-37-33(13-1)35-15-5-7-19-39(35)43-29-31(25-27-41(37)43)49-52-50(54-51(53-49)55-45-21-9-11-23-47(45)56-48-24-12-10-22-46(48)55)32-26-28-42-38-18-4-2-14-34(38)36-16-6-8-20-40(36)44(42)30-32/h1-30H. The number of hydrogen-bond donors (Lipinski definition) is 0. The number of nitrogens with zero attached hydrogens (tertiary/aromatic N) is 4. The van der Waals surface area contributed by atoms with Gasteiger partial charge >= 0.3 is 0 Å². The Morgan fingerprint density at radius 2 is 0.625 bits per heavy atom. The Morgan fingerprint density at radius 1 is 0.304 bits per heavy atom. The molecule has 0 unspecified atom stereocenters. The predicted molar refractivity (Wildman–Crippen MR) is 235 cm³/mol. The lowest BCUT2D eigenvalue weighted by Crippen LogP contribution is -2.18. The van der Waals surface area contributed by atoms with E-state index in [0.29, 0.717) is 17.6 Å². The average Bonchev–Trinajstić information content (AvgIpc) is 3.28. The van der Waals surface area contributed by atoms with E-state index in [1.807, 2.05) is 0 Å². The van der Waals surface area contributed by atoms with Gasteiger partial charge in [-0.2, -0.15) is 9.97 Å². The highest BCUT2D eigenvalue weighted by Gasteiger charge is 2.28. The van der Waals surface area contributed by atoms with E-state index < -0.39 is 0 Å². The number of rotatable bonds is 3. The van der Waals surface area contributed by atoms with Crippen molar-refractivity contribution in [3.63, 3.8) is 0 Å². The van der Waals surface area contributed by atoms with Crippen LogP contribution in [0.25, 0.3) is 87.4 Å². The van der Waals surface area contributed by atoms with E-state index in [4.69, 9.17) is 15.0 Å². The Labute approximate surface area is 326 Å². The summed E-state index contributed by atoms with van der Waals surface area (Å²) in [6, 6.07) is 65.1. The number of aromatic nitrogens is 3. The molecule has 0 saturated heterocycles. The molecule has 0 atom stereocenters. The molecular weight excluding hydrogens is 701 g/mol. The molecule has 1 aliphatic rings. The highest BCUT2D eigenvalue weighted by molar-refractivity contribution is 7.99. The van der Waals surface area contributed by atoms with Gasteiger partial charge in [0.25, 0.3) is 0 Å². The van der Waals surface area contributed by atoms with Crippen LogP contribution in [0.5, 0.6) is 0 Å². The zero-order chi connectivity index (χ0) is 36.7. The minimum atomic E-state index is 0.581. The molecular formula is C51H30N4S. The summed E-state index contributed by atoms with van der Waals surface area (Å²) in [4.78, 5) is 20.5. The Morgan fingerprint density at radius 3 is 1.02 bits per heavy atom. The second kappa shape index (κ2) is 12.2. The summed E-state index contributed by atoms with van der Waals surface area (Å²) in [6.07, 6.45) is 0. The molecule has 0 radical (unpaired) electrons. The molecule has 0 saturated carbocycles. The minimum absolute atomic E-state index is 0.581. The third-order valence-corrected chi connectivity index (χ3v) is 12.4. The zero-order valence-corrected chi connectivity index (χ0v) is 30.8.